The van der Waals surface area contributed by atoms with E-state index in [1.807, 2.05) is 6.92 Å². The van der Waals surface area contributed by atoms with Crippen LogP contribution in [0.2, 0.25) is 0 Å². The average Bonchev–Trinajstić information content (AvgIpc) is 2.49. The number of hydrogen-bond donors (Lipinski definition) is 1. The van der Waals surface area contributed by atoms with Gasteiger partial charge in [-0.2, -0.15) is 5.10 Å². The summed E-state index contributed by atoms with van der Waals surface area (Å²) in [6.07, 6.45) is 2.36. The Morgan fingerprint density at radius 3 is 2.67 bits per heavy atom. The maximum Gasteiger partial charge on any atom is 0.311 e. The maximum absolute atomic E-state index is 12.5. The highest BCUT2D eigenvalue weighted by molar-refractivity contribution is 6.39. The molecule has 7 nitrogen and oxygen atoms in total. The van der Waals surface area contributed by atoms with Gasteiger partial charge < -0.3 is 10.0 Å². The zero-order chi connectivity index (χ0) is 15.6. The molecule has 0 aromatic heterocycles. The Kier molecular flexibility index (Phi) is 4.29. The first-order valence-electron chi connectivity index (χ1n) is 7.26. The number of carboxylic acid groups (broad SMARTS) is 1. The number of aliphatic carboxylic acids is 1. The van der Waals surface area contributed by atoms with Gasteiger partial charge in [0.05, 0.1) is 5.41 Å². The molecule has 2 aliphatic heterocycles. The number of carboxylic acids is 1. The smallest absolute Gasteiger partial charge is 0.311 e. The first-order valence-corrected chi connectivity index (χ1v) is 7.26. The molecule has 0 aromatic rings. The number of likely N-dealkylation sites (tertiary alicyclic amines) is 1. The van der Waals surface area contributed by atoms with Gasteiger partial charge in [0.15, 0.2) is 0 Å². The predicted octanol–water partition coefficient (Wildman–Crippen LogP) is 0.698. The number of hydrazone groups is 1. The van der Waals surface area contributed by atoms with Gasteiger partial charge >= 0.3 is 5.97 Å². The first-order chi connectivity index (χ1) is 9.89. The third kappa shape index (κ3) is 2.91. The minimum Gasteiger partial charge on any atom is -0.481 e. The molecule has 0 spiro atoms. The number of carbonyl (C=O) groups excluding carboxylic acids is 2. The van der Waals surface area contributed by atoms with Gasteiger partial charge in [0.25, 0.3) is 5.91 Å². The van der Waals surface area contributed by atoms with Gasteiger partial charge in [-0.15, -0.1) is 0 Å². The van der Waals surface area contributed by atoms with Crippen LogP contribution in [0.25, 0.3) is 0 Å². The van der Waals surface area contributed by atoms with Crippen LogP contribution in [0.4, 0.5) is 0 Å². The van der Waals surface area contributed by atoms with E-state index in [1.54, 1.807) is 4.90 Å². The van der Waals surface area contributed by atoms with Crippen LogP contribution >= 0.6 is 0 Å². The summed E-state index contributed by atoms with van der Waals surface area (Å²) in [6.45, 7) is 2.60. The van der Waals surface area contributed by atoms with Gasteiger partial charge in [0.1, 0.15) is 5.71 Å². The van der Waals surface area contributed by atoms with Gasteiger partial charge in [-0.1, -0.05) is 6.92 Å². The minimum atomic E-state index is -0.856. The quantitative estimate of drug-likeness (QED) is 0.829. The van der Waals surface area contributed by atoms with Gasteiger partial charge in [-0.3, -0.25) is 14.4 Å². The van der Waals surface area contributed by atoms with Crippen molar-refractivity contribution in [3.8, 4) is 0 Å². The Balaban J connectivity index is 2.15. The molecule has 1 fully saturated rings. The van der Waals surface area contributed by atoms with E-state index in [4.69, 9.17) is 0 Å². The molecule has 2 rings (SSSR count). The van der Waals surface area contributed by atoms with E-state index in [2.05, 4.69) is 5.10 Å². The maximum atomic E-state index is 12.5. The highest BCUT2D eigenvalue weighted by atomic mass is 16.4. The monoisotopic (exact) mass is 295 g/mol. The molecule has 2 aliphatic rings. The van der Waals surface area contributed by atoms with E-state index in [9.17, 15) is 19.5 Å². The lowest BCUT2D eigenvalue weighted by atomic mass is 9.77. The molecule has 2 amide bonds. The largest absolute Gasteiger partial charge is 0.481 e. The van der Waals surface area contributed by atoms with Crippen molar-refractivity contribution in [2.45, 2.75) is 39.0 Å². The van der Waals surface area contributed by atoms with Crippen LogP contribution in [0.3, 0.4) is 0 Å². The van der Waals surface area contributed by atoms with Crippen molar-refractivity contribution in [1.29, 1.82) is 0 Å². The summed E-state index contributed by atoms with van der Waals surface area (Å²) < 4.78 is 0. The highest BCUT2D eigenvalue weighted by Gasteiger charge is 2.43. The normalized spacial score (nSPS) is 26.6. The Morgan fingerprint density at radius 1 is 1.38 bits per heavy atom. The van der Waals surface area contributed by atoms with Crippen molar-refractivity contribution in [2.24, 2.45) is 10.5 Å². The molecule has 0 aliphatic carbocycles. The summed E-state index contributed by atoms with van der Waals surface area (Å²) in [7, 11) is 1.53. The molecule has 2 heterocycles. The van der Waals surface area contributed by atoms with Gasteiger partial charge in [0, 0.05) is 33.0 Å². The van der Waals surface area contributed by atoms with Crippen molar-refractivity contribution in [1.82, 2.24) is 9.91 Å². The molecule has 1 atom stereocenters. The Labute approximate surface area is 123 Å². The lowest BCUT2D eigenvalue weighted by Crippen LogP contribution is -2.52. The number of piperidine rings is 1. The van der Waals surface area contributed by atoms with E-state index in [1.165, 1.54) is 12.1 Å². The van der Waals surface area contributed by atoms with Crippen LogP contribution in [0.15, 0.2) is 5.10 Å². The molecule has 1 N–H and O–H groups in total. The predicted molar refractivity (Wildman–Crippen MR) is 75.6 cm³/mol. The van der Waals surface area contributed by atoms with Gasteiger partial charge in [-0.05, 0) is 19.3 Å². The van der Waals surface area contributed by atoms with Gasteiger partial charge in [0.2, 0.25) is 5.91 Å². The molecule has 116 valence electrons. The lowest BCUT2D eigenvalue weighted by molar-refractivity contribution is -0.154. The van der Waals surface area contributed by atoms with Crippen molar-refractivity contribution in [3.05, 3.63) is 0 Å². The van der Waals surface area contributed by atoms with Crippen LogP contribution in [0.5, 0.6) is 0 Å². The standard InChI is InChI=1S/C14H21N3O4/c1-3-14(13(20)21)7-4-8-17(9-14)12(19)10-5-6-11(18)16(2)15-10/h3-9H2,1-2H3,(H,20,21). The summed E-state index contributed by atoms with van der Waals surface area (Å²) in [6, 6.07) is 0. The zero-order valence-electron chi connectivity index (χ0n) is 12.5. The van der Waals surface area contributed by atoms with E-state index in [0.29, 0.717) is 37.9 Å². The SMILES string of the molecule is CCC1(C(=O)O)CCCN(C(=O)C2=NN(C)C(=O)CC2)C1. The summed E-state index contributed by atoms with van der Waals surface area (Å²) in [5, 5.41) is 14.7. The third-order valence-electron chi connectivity index (χ3n) is 4.45. The Bertz CT molecular complexity index is 502. The van der Waals surface area contributed by atoms with Gasteiger partial charge in [-0.25, -0.2) is 5.01 Å². The van der Waals surface area contributed by atoms with E-state index in [0.717, 1.165) is 0 Å². The van der Waals surface area contributed by atoms with Crippen LogP contribution < -0.4 is 0 Å². The lowest BCUT2D eigenvalue weighted by Gasteiger charge is -2.39. The highest BCUT2D eigenvalue weighted by Crippen LogP contribution is 2.34. The third-order valence-corrected chi connectivity index (χ3v) is 4.45. The van der Waals surface area contributed by atoms with E-state index >= 15 is 0 Å². The number of nitrogens with zero attached hydrogens (tertiary/aromatic N) is 3. The average molecular weight is 295 g/mol. The zero-order valence-corrected chi connectivity index (χ0v) is 12.5. The molecule has 7 heteroatoms. The summed E-state index contributed by atoms with van der Waals surface area (Å²) >= 11 is 0. The second-order valence-electron chi connectivity index (χ2n) is 5.73. The number of rotatable bonds is 3. The number of carbonyl (C=O) groups is 3. The fraction of sp³-hybridized carbons (Fsp3) is 0.714. The topological polar surface area (TPSA) is 90.3 Å². The summed E-state index contributed by atoms with van der Waals surface area (Å²) in [5.74, 6) is -1.20. The summed E-state index contributed by atoms with van der Waals surface area (Å²) in [5.41, 5.74) is -0.514. The fourth-order valence-electron chi connectivity index (χ4n) is 2.93. The fourth-order valence-corrected chi connectivity index (χ4v) is 2.93. The van der Waals surface area contributed by atoms with E-state index < -0.39 is 11.4 Å². The second kappa shape index (κ2) is 5.83. The van der Waals surface area contributed by atoms with Crippen LogP contribution in [0, 0.1) is 5.41 Å². The first kappa shape index (κ1) is 15.5. The van der Waals surface area contributed by atoms with Crippen molar-refractivity contribution < 1.29 is 19.5 Å². The molecule has 1 saturated heterocycles. The Hall–Kier alpha value is -1.92. The molecule has 0 bridgehead atoms. The molecule has 21 heavy (non-hydrogen) atoms. The molecule has 1 unspecified atom stereocenters. The van der Waals surface area contributed by atoms with Crippen LogP contribution in [-0.4, -0.2) is 58.6 Å². The van der Waals surface area contributed by atoms with Crippen molar-refractivity contribution in [2.75, 3.05) is 20.1 Å². The van der Waals surface area contributed by atoms with Crippen molar-refractivity contribution in [3.63, 3.8) is 0 Å². The molecule has 0 radical (unpaired) electrons. The van der Waals surface area contributed by atoms with Crippen LogP contribution in [-0.2, 0) is 14.4 Å². The molecule has 0 saturated carbocycles. The second-order valence-corrected chi connectivity index (χ2v) is 5.73. The summed E-state index contributed by atoms with van der Waals surface area (Å²) in [4.78, 5) is 37.0. The molecule has 0 aromatic carbocycles. The van der Waals surface area contributed by atoms with E-state index in [-0.39, 0.29) is 24.8 Å². The molecular formula is C14H21N3O4. The molecular weight excluding hydrogens is 274 g/mol. The van der Waals surface area contributed by atoms with Crippen LogP contribution in [0.1, 0.15) is 39.0 Å². The number of amides is 2. The Morgan fingerprint density at radius 2 is 2.10 bits per heavy atom. The number of hydrogen-bond acceptors (Lipinski definition) is 4. The van der Waals surface area contributed by atoms with Crippen molar-refractivity contribution >= 4 is 23.5 Å². The minimum absolute atomic E-state index is 0.112.